The molecule has 0 atom stereocenters. The maximum atomic E-state index is 5.28. The Kier molecular flexibility index (Phi) is 9.04. The van der Waals surface area contributed by atoms with Crippen molar-refractivity contribution in [3.05, 3.63) is 0 Å². The van der Waals surface area contributed by atoms with Gasteiger partial charge in [0.2, 0.25) is 0 Å². The van der Waals surface area contributed by atoms with Gasteiger partial charge in [-0.15, -0.1) is 0 Å². The number of aliphatic imine (C=N–C) groups is 1. The molecule has 0 spiro atoms. The van der Waals surface area contributed by atoms with Crippen LogP contribution in [-0.4, -0.2) is 64.3 Å². The van der Waals surface area contributed by atoms with Crippen molar-refractivity contribution in [2.45, 2.75) is 70.3 Å². The molecule has 2 aliphatic carbocycles. The first-order chi connectivity index (χ1) is 12.2. The van der Waals surface area contributed by atoms with Gasteiger partial charge in [-0.05, 0) is 57.5 Å². The van der Waals surface area contributed by atoms with Crippen molar-refractivity contribution >= 4 is 5.96 Å². The Bertz CT molecular complexity index is 389. The molecule has 2 saturated carbocycles. The number of guanidine groups is 1. The smallest absolute Gasteiger partial charge is 0.190 e. The van der Waals surface area contributed by atoms with Gasteiger partial charge in [0.25, 0.3) is 0 Å². The largest absolute Gasteiger partial charge is 0.385 e. The zero-order valence-corrected chi connectivity index (χ0v) is 16.8. The number of methoxy groups -OCH3 is 1. The van der Waals surface area contributed by atoms with E-state index in [1.54, 1.807) is 7.11 Å². The summed E-state index contributed by atoms with van der Waals surface area (Å²) in [5, 5.41) is 7.03. The van der Waals surface area contributed by atoms with Gasteiger partial charge in [-0.2, -0.15) is 0 Å². The quantitative estimate of drug-likeness (QED) is 0.360. The predicted octanol–water partition coefficient (Wildman–Crippen LogP) is 3.01. The minimum Gasteiger partial charge on any atom is -0.385 e. The van der Waals surface area contributed by atoms with E-state index in [9.17, 15) is 0 Å². The Labute approximate surface area is 155 Å². The average Bonchev–Trinajstić information content (AvgIpc) is 2.62. The second-order valence-corrected chi connectivity index (χ2v) is 8.07. The van der Waals surface area contributed by atoms with E-state index in [1.165, 1.54) is 64.3 Å². The predicted molar refractivity (Wildman–Crippen MR) is 106 cm³/mol. The molecule has 0 aliphatic heterocycles. The van der Waals surface area contributed by atoms with Crippen LogP contribution in [0.2, 0.25) is 0 Å². The molecule has 0 bridgehead atoms. The monoisotopic (exact) mass is 352 g/mol. The molecule has 0 aromatic carbocycles. The average molecular weight is 353 g/mol. The summed E-state index contributed by atoms with van der Waals surface area (Å²) < 4.78 is 5.28. The van der Waals surface area contributed by atoms with Crippen LogP contribution >= 0.6 is 0 Å². The molecule has 2 fully saturated rings. The van der Waals surface area contributed by atoms with Gasteiger partial charge in [-0.1, -0.05) is 25.7 Å². The molecule has 2 rings (SSSR count). The minimum atomic E-state index is 0.425. The topological polar surface area (TPSA) is 48.9 Å². The second-order valence-electron chi connectivity index (χ2n) is 8.07. The van der Waals surface area contributed by atoms with Gasteiger partial charge in [-0.25, -0.2) is 0 Å². The summed E-state index contributed by atoms with van der Waals surface area (Å²) in [5.41, 5.74) is 0.425. The number of ether oxygens (including phenoxy) is 1. The van der Waals surface area contributed by atoms with Crippen molar-refractivity contribution in [1.29, 1.82) is 0 Å². The van der Waals surface area contributed by atoms with E-state index in [2.05, 4.69) is 27.6 Å². The molecule has 0 radical (unpaired) electrons. The van der Waals surface area contributed by atoms with Crippen LogP contribution in [0, 0.1) is 5.41 Å². The number of nitrogens with one attached hydrogen (secondary N) is 2. The second kappa shape index (κ2) is 11.0. The first kappa shape index (κ1) is 20.5. The van der Waals surface area contributed by atoms with Gasteiger partial charge in [0.15, 0.2) is 5.96 Å². The molecule has 2 aliphatic rings. The third kappa shape index (κ3) is 6.78. The Balaban J connectivity index is 1.60. The van der Waals surface area contributed by atoms with E-state index >= 15 is 0 Å². The van der Waals surface area contributed by atoms with Crippen molar-refractivity contribution in [3.63, 3.8) is 0 Å². The zero-order valence-electron chi connectivity index (χ0n) is 16.8. The standard InChI is InChI=1S/C20H40N4O/c1-21-19(23-17-20(11-7-12-20)13-16-25-3)22-14-8-15-24(2)18-9-5-4-6-10-18/h18H,4-17H2,1-3H3,(H2,21,22,23). The van der Waals surface area contributed by atoms with Gasteiger partial charge in [0, 0.05) is 39.9 Å². The summed E-state index contributed by atoms with van der Waals surface area (Å²) in [6, 6.07) is 0.811. The number of hydrogen-bond acceptors (Lipinski definition) is 3. The van der Waals surface area contributed by atoms with Crippen LogP contribution in [0.25, 0.3) is 0 Å². The van der Waals surface area contributed by atoms with E-state index in [0.29, 0.717) is 5.41 Å². The van der Waals surface area contributed by atoms with Crippen LogP contribution in [0.15, 0.2) is 4.99 Å². The highest BCUT2D eigenvalue weighted by Crippen LogP contribution is 2.43. The first-order valence-corrected chi connectivity index (χ1v) is 10.3. The number of nitrogens with zero attached hydrogens (tertiary/aromatic N) is 2. The lowest BCUT2D eigenvalue weighted by atomic mass is 9.67. The van der Waals surface area contributed by atoms with Crippen molar-refractivity contribution in [1.82, 2.24) is 15.5 Å². The number of hydrogen-bond donors (Lipinski definition) is 2. The van der Waals surface area contributed by atoms with Crippen LogP contribution < -0.4 is 10.6 Å². The zero-order chi connectivity index (χ0) is 18.0. The molecule has 5 nitrogen and oxygen atoms in total. The summed E-state index contributed by atoms with van der Waals surface area (Å²) >= 11 is 0. The highest BCUT2D eigenvalue weighted by molar-refractivity contribution is 5.79. The lowest BCUT2D eigenvalue weighted by Gasteiger charge is -2.42. The van der Waals surface area contributed by atoms with Gasteiger partial charge in [-0.3, -0.25) is 4.99 Å². The highest BCUT2D eigenvalue weighted by Gasteiger charge is 2.36. The Morgan fingerprint density at radius 3 is 2.52 bits per heavy atom. The Hall–Kier alpha value is -0.810. The van der Waals surface area contributed by atoms with Gasteiger partial charge in [0.1, 0.15) is 0 Å². The molecule has 2 N–H and O–H groups in total. The van der Waals surface area contributed by atoms with Crippen molar-refractivity contribution in [3.8, 4) is 0 Å². The Morgan fingerprint density at radius 1 is 1.16 bits per heavy atom. The molecule has 0 amide bonds. The van der Waals surface area contributed by atoms with Crippen molar-refractivity contribution in [2.75, 3.05) is 47.4 Å². The fourth-order valence-corrected chi connectivity index (χ4v) is 4.24. The molecular formula is C20H40N4O. The normalized spacial score (nSPS) is 21.2. The van der Waals surface area contributed by atoms with E-state index in [0.717, 1.165) is 38.1 Å². The molecule has 0 aromatic rings. The molecule has 0 saturated heterocycles. The number of rotatable bonds is 10. The van der Waals surface area contributed by atoms with Gasteiger partial charge < -0.3 is 20.3 Å². The van der Waals surface area contributed by atoms with Gasteiger partial charge in [0.05, 0.1) is 0 Å². The van der Waals surface area contributed by atoms with E-state index in [-0.39, 0.29) is 0 Å². The molecule has 25 heavy (non-hydrogen) atoms. The highest BCUT2D eigenvalue weighted by atomic mass is 16.5. The maximum absolute atomic E-state index is 5.28. The molecule has 0 unspecified atom stereocenters. The lowest BCUT2D eigenvalue weighted by molar-refractivity contribution is 0.0732. The van der Waals surface area contributed by atoms with Crippen LogP contribution in [0.4, 0.5) is 0 Å². The SMILES string of the molecule is CN=C(NCCCN(C)C1CCCCC1)NCC1(CCOC)CCC1. The fourth-order valence-electron chi connectivity index (χ4n) is 4.24. The van der Waals surface area contributed by atoms with Crippen molar-refractivity contribution < 1.29 is 4.74 Å². The summed E-state index contributed by atoms with van der Waals surface area (Å²) in [5.74, 6) is 0.948. The maximum Gasteiger partial charge on any atom is 0.190 e. The van der Waals surface area contributed by atoms with E-state index < -0.39 is 0 Å². The van der Waals surface area contributed by atoms with E-state index in [1.807, 2.05) is 7.05 Å². The van der Waals surface area contributed by atoms with Crippen LogP contribution in [0.1, 0.15) is 64.2 Å². The molecule has 0 aromatic heterocycles. The molecule has 146 valence electrons. The molecule has 5 heteroatoms. The van der Waals surface area contributed by atoms with Crippen LogP contribution in [0.5, 0.6) is 0 Å². The summed E-state index contributed by atoms with van der Waals surface area (Å²) in [6.07, 6.45) is 13.3. The molecular weight excluding hydrogens is 312 g/mol. The van der Waals surface area contributed by atoms with Crippen LogP contribution in [-0.2, 0) is 4.74 Å². The third-order valence-corrected chi connectivity index (χ3v) is 6.28. The summed E-state index contributed by atoms with van der Waals surface area (Å²) in [7, 11) is 5.95. The Morgan fingerprint density at radius 2 is 1.92 bits per heavy atom. The summed E-state index contributed by atoms with van der Waals surface area (Å²) in [6.45, 7) is 4.04. The van der Waals surface area contributed by atoms with Crippen molar-refractivity contribution in [2.24, 2.45) is 10.4 Å². The van der Waals surface area contributed by atoms with Crippen LogP contribution in [0.3, 0.4) is 0 Å². The van der Waals surface area contributed by atoms with E-state index in [4.69, 9.17) is 4.74 Å². The minimum absolute atomic E-state index is 0.425. The van der Waals surface area contributed by atoms with Gasteiger partial charge >= 0.3 is 0 Å². The first-order valence-electron chi connectivity index (χ1n) is 10.3. The fraction of sp³-hybridized carbons (Fsp3) is 0.950. The lowest BCUT2D eigenvalue weighted by Crippen LogP contribution is -2.47. The molecule has 0 heterocycles. The summed E-state index contributed by atoms with van der Waals surface area (Å²) in [4.78, 5) is 6.95. The third-order valence-electron chi connectivity index (χ3n) is 6.28.